The first-order valence-corrected chi connectivity index (χ1v) is 12.1. The minimum Gasteiger partial charge on any atom is -0.395 e. The van der Waals surface area contributed by atoms with Gasteiger partial charge in [-0.3, -0.25) is 8.75 Å². The van der Waals surface area contributed by atoms with E-state index in [9.17, 15) is 9.59 Å². The second-order valence-corrected chi connectivity index (χ2v) is 11.3. The van der Waals surface area contributed by atoms with E-state index in [1.807, 2.05) is 20.8 Å². The number of unbranched alkanes of at least 4 members (excludes halogenated alkanes) is 1. The van der Waals surface area contributed by atoms with Crippen LogP contribution in [-0.2, 0) is 16.8 Å². The second kappa shape index (κ2) is 9.86. The van der Waals surface area contributed by atoms with Crippen LogP contribution >= 0.6 is 11.5 Å². The molecule has 7 nitrogen and oxygen atoms in total. The second-order valence-electron chi connectivity index (χ2n) is 10.3. The third-order valence-corrected chi connectivity index (χ3v) is 8.17. The standard InChI is InChI=1S/C23H40N4O3S/c1-8-9-10-16-15-27(21(2,3)4)31-18(16)26-19(29)23(7)12-11-17(22(23,5)6)25-20(30)24-13-14-28/h15,17,28H,8-14H2,1-7H3,(H2,24,25,30)/t17-,23-/m0/s1. The molecule has 1 aromatic rings. The average Bonchev–Trinajstić information content (AvgIpc) is 3.19. The van der Waals surface area contributed by atoms with Crippen LogP contribution in [0.4, 0.5) is 4.79 Å². The van der Waals surface area contributed by atoms with Gasteiger partial charge in [0.2, 0.25) is 0 Å². The van der Waals surface area contributed by atoms with Crippen molar-refractivity contribution in [1.29, 1.82) is 0 Å². The number of hydrogen-bond donors (Lipinski definition) is 3. The highest BCUT2D eigenvalue weighted by Gasteiger charge is 2.56. The Kier molecular flexibility index (Phi) is 8.14. The minimum absolute atomic E-state index is 0.0596. The summed E-state index contributed by atoms with van der Waals surface area (Å²) in [6.07, 6.45) is 6.60. The summed E-state index contributed by atoms with van der Waals surface area (Å²) in [6.45, 7) is 14.8. The Morgan fingerprint density at radius 2 is 2.00 bits per heavy atom. The lowest BCUT2D eigenvalue weighted by Crippen LogP contribution is -2.51. The molecule has 0 aliphatic heterocycles. The number of hydrogen-bond acceptors (Lipinski definition) is 4. The van der Waals surface area contributed by atoms with Gasteiger partial charge in [-0.1, -0.05) is 34.1 Å². The van der Waals surface area contributed by atoms with Gasteiger partial charge in [-0.05, 0) is 63.4 Å². The van der Waals surface area contributed by atoms with Crippen molar-refractivity contribution in [3.63, 3.8) is 0 Å². The molecular weight excluding hydrogens is 412 g/mol. The van der Waals surface area contributed by atoms with E-state index in [-0.39, 0.29) is 36.7 Å². The minimum atomic E-state index is -0.666. The van der Waals surface area contributed by atoms with Crippen LogP contribution in [0.2, 0.25) is 0 Å². The monoisotopic (exact) mass is 452 g/mol. The van der Waals surface area contributed by atoms with Crippen molar-refractivity contribution in [3.8, 4) is 0 Å². The molecule has 2 rings (SSSR count). The Morgan fingerprint density at radius 1 is 1.32 bits per heavy atom. The lowest BCUT2D eigenvalue weighted by molar-refractivity contribution is -0.131. The Morgan fingerprint density at radius 3 is 2.58 bits per heavy atom. The normalized spacial score (nSPS) is 23.7. The van der Waals surface area contributed by atoms with Crippen LogP contribution in [0.25, 0.3) is 0 Å². The summed E-state index contributed by atoms with van der Waals surface area (Å²) < 4.78 is 2.99. The summed E-state index contributed by atoms with van der Waals surface area (Å²) in [5.74, 6) is -0.113. The molecule has 0 bridgehead atoms. The van der Waals surface area contributed by atoms with E-state index in [1.54, 1.807) is 11.5 Å². The molecule has 31 heavy (non-hydrogen) atoms. The van der Waals surface area contributed by atoms with E-state index >= 15 is 0 Å². The first kappa shape index (κ1) is 25.6. The summed E-state index contributed by atoms with van der Waals surface area (Å²) in [5.41, 5.74) is -0.0471. The van der Waals surface area contributed by atoms with Crippen molar-refractivity contribution in [2.75, 3.05) is 13.2 Å². The van der Waals surface area contributed by atoms with Gasteiger partial charge in [-0.15, -0.1) is 0 Å². The molecule has 3 N–H and O–H groups in total. The number of carbonyl (C=O) groups excluding carboxylic acids is 2. The van der Waals surface area contributed by atoms with Gasteiger partial charge < -0.3 is 15.7 Å². The van der Waals surface area contributed by atoms with Crippen molar-refractivity contribution in [2.24, 2.45) is 15.8 Å². The van der Waals surface area contributed by atoms with Crippen molar-refractivity contribution in [3.05, 3.63) is 16.4 Å². The molecule has 3 amide bonds. The summed E-state index contributed by atoms with van der Waals surface area (Å²) in [5, 5.41) is 14.5. The molecule has 1 aromatic heterocycles. The zero-order chi connectivity index (χ0) is 23.4. The number of aliphatic hydroxyl groups excluding tert-OH is 1. The first-order chi connectivity index (χ1) is 14.4. The number of amides is 3. The number of nitrogens with one attached hydrogen (secondary N) is 2. The first-order valence-electron chi connectivity index (χ1n) is 11.3. The fraction of sp³-hybridized carbons (Fsp3) is 0.783. The molecule has 1 heterocycles. The number of rotatable bonds is 7. The zero-order valence-corrected chi connectivity index (χ0v) is 21.0. The largest absolute Gasteiger partial charge is 0.395 e. The van der Waals surface area contributed by atoms with Crippen molar-refractivity contribution in [1.82, 2.24) is 14.6 Å². The van der Waals surface area contributed by atoms with Crippen LogP contribution in [0.3, 0.4) is 0 Å². The molecule has 0 aromatic carbocycles. The average molecular weight is 453 g/mol. The van der Waals surface area contributed by atoms with Gasteiger partial charge in [0.05, 0.1) is 12.0 Å². The fourth-order valence-corrected chi connectivity index (χ4v) is 5.10. The van der Waals surface area contributed by atoms with Crippen molar-refractivity contribution >= 4 is 23.5 Å². The molecule has 1 aliphatic carbocycles. The van der Waals surface area contributed by atoms with Crippen LogP contribution in [0.1, 0.15) is 79.7 Å². The van der Waals surface area contributed by atoms with E-state index < -0.39 is 10.8 Å². The Labute approximate surface area is 190 Å². The molecule has 1 aliphatic rings. The third kappa shape index (κ3) is 5.58. The fourth-order valence-electron chi connectivity index (χ4n) is 4.07. The van der Waals surface area contributed by atoms with E-state index in [2.05, 4.69) is 53.5 Å². The molecular formula is C23H40N4O3S. The number of urea groups is 1. The van der Waals surface area contributed by atoms with Gasteiger partial charge in [0.1, 0.15) is 4.67 Å². The highest BCUT2D eigenvalue weighted by molar-refractivity contribution is 7.04. The summed E-state index contributed by atoms with van der Waals surface area (Å²) in [7, 11) is 0. The molecule has 0 saturated heterocycles. The molecule has 0 radical (unpaired) electrons. The van der Waals surface area contributed by atoms with Crippen LogP contribution in [0.5, 0.6) is 0 Å². The molecule has 8 heteroatoms. The summed E-state index contributed by atoms with van der Waals surface area (Å²) in [6, 6.07) is -0.454. The molecule has 176 valence electrons. The van der Waals surface area contributed by atoms with Gasteiger partial charge in [0, 0.05) is 29.9 Å². The maximum Gasteiger partial charge on any atom is 0.315 e. The maximum atomic E-state index is 13.5. The zero-order valence-electron chi connectivity index (χ0n) is 20.2. The van der Waals surface area contributed by atoms with E-state index in [1.165, 1.54) is 0 Å². The molecule has 1 saturated carbocycles. The number of aryl methyl sites for hydroxylation is 1. The third-order valence-electron chi connectivity index (χ3n) is 6.80. The smallest absolute Gasteiger partial charge is 0.315 e. The number of aliphatic hydroxyl groups is 1. The highest BCUT2D eigenvalue weighted by Crippen LogP contribution is 2.53. The Balaban J connectivity index is 2.32. The highest BCUT2D eigenvalue weighted by atomic mass is 32.1. The number of carbonyl (C=O) groups is 2. The van der Waals surface area contributed by atoms with Crippen LogP contribution in [0.15, 0.2) is 11.2 Å². The van der Waals surface area contributed by atoms with E-state index in [0.29, 0.717) is 12.8 Å². The van der Waals surface area contributed by atoms with Gasteiger partial charge in [-0.25, -0.2) is 9.79 Å². The van der Waals surface area contributed by atoms with Crippen LogP contribution in [0, 0.1) is 10.8 Å². The number of nitrogens with zero attached hydrogens (tertiary/aromatic N) is 2. The molecule has 1 fully saturated rings. The molecule has 0 spiro atoms. The Hall–Kier alpha value is -1.67. The van der Waals surface area contributed by atoms with Gasteiger partial charge in [0.15, 0.2) is 0 Å². The van der Waals surface area contributed by atoms with Gasteiger partial charge in [0.25, 0.3) is 5.91 Å². The topological polar surface area (TPSA) is 95.7 Å². The quantitative estimate of drug-likeness (QED) is 0.590. The maximum absolute atomic E-state index is 13.5. The lowest BCUT2D eigenvalue weighted by Gasteiger charge is -2.39. The van der Waals surface area contributed by atoms with Crippen molar-refractivity contribution < 1.29 is 14.7 Å². The number of aromatic nitrogens is 1. The van der Waals surface area contributed by atoms with Gasteiger partial charge in [-0.2, -0.15) is 0 Å². The predicted molar refractivity (Wildman–Crippen MR) is 125 cm³/mol. The van der Waals surface area contributed by atoms with E-state index in [4.69, 9.17) is 5.11 Å². The molecule has 0 unspecified atom stereocenters. The summed E-state index contributed by atoms with van der Waals surface area (Å²) >= 11 is 1.55. The van der Waals surface area contributed by atoms with Crippen LogP contribution < -0.4 is 15.3 Å². The van der Waals surface area contributed by atoms with Gasteiger partial charge >= 0.3 is 6.03 Å². The predicted octanol–water partition coefficient (Wildman–Crippen LogP) is 3.56. The van der Waals surface area contributed by atoms with Crippen molar-refractivity contribution in [2.45, 2.75) is 92.2 Å². The molecule has 2 atom stereocenters. The SMILES string of the molecule is CCCCc1cn(C(C)(C)C)sc1=NC(=O)[C@]1(C)CC[C@H](NC(=O)NCCO)C1(C)C. The lowest BCUT2D eigenvalue weighted by atomic mass is 9.67. The Bertz CT molecular complexity index is 850. The van der Waals surface area contributed by atoms with E-state index in [0.717, 1.165) is 29.5 Å². The van der Waals surface area contributed by atoms with Crippen LogP contribution in [-0.4, -0.2) is 40.2 Å². The summed E-state index contributed by atoms with van der Waals surface area (Å²) in [4.78, 5) is 30.3.